The molecule has 0 aliphatic heterocycles. The number of aryl methyl sites for hydroxylation is 1. The van der Waals surface area contributed by atoms with E-state index in [-0.39, 0.29) is 18.3 Å². The molecule has 4 aromatic rings. The molecule has 150 valence electrons. The van der Waals surface area contributed by atoms with Crippen molar-refractivity contribution >= 4 is 11.6 Å². The van der Waals surface area contributed by atoms with Gasteiger partial charge in [-0.2, -0.15) is 5.10 Å². The number of ether oxygens (including phenoxy) is 1. The second kappa shape index (κ2) is 8.57. The van der Waals surface area contributed by atoms with Crippen LogP contribution in [-0.4, -0.2) is 20.7 Å². The van der Waals surface area contributed by atoms with Gasteiger partial charge in [-0.05, 0) is 42.0 Å². The maximum absolute atomic E-state index is 13.3. The first-order valence-electron chi connectivity index (χ1n) is 9.31. The first-order valence-corrected chi connectivity index (χ1v) is 9.31. The summed E-state index contributed by atoms with van der Waals surface area (Å²) in [5, 5.41) is 7.31. The van der Waals surface area contributed by atoms with Gasteiger partial charge in [-0.1, -0.05) is 18.2 Å². The predicted octanol–water partition coefficient (Wildman–Crippen LogP) is 4.45. The summed E-state index contributed by atoms with van der Waals surface area (Å²) in [7, 11) is 1.77. The van der Waals surface area contributed by atoms with Crippen molar-refractivity contribution in [2.45, 2.75) is 6.61 Å². The van der Waals surface area contributed by atoms with Crippen LogP contribution in [0.4, 0.5) is 10.1 Å². The Morgan fingerprint density at radius 3 is 2.70 bits per heavy atom. The first-order chi connectivity index (χ1) is 14.6. The summed E-state index contributed by atoms with van der Waals surface area (Å²) in [6.07, 6.45) is 5.00. The lowest BCUT2D eigenvalue weighted by Crippen LogP contribution is -2.12. The van der Waals surface area contributed by atoms with E-state index in [1.165, 1.54) is 12.1 Å². The van der Waals surface area contributed by atoms with Crippen LogP contribution in [0.15, 0.2) is 79.3 Å². The van der Waals surface area contributed by atoms with Crippen LogP contribution in [0.25, 0.3) is 11.3 Å². The molecule has 2 heterocycles. The largest absolute Gasteiger partial charge is 0.489 e. The highest BCUT2D eigenvalue weighted by molar-refractivity contribution is 6.08. The van der Waals surface area contributed by atoms with Crippen LogP contribution < -0.4 is 10.1 Å². The van der Waals surface area contributed by atoms with E-state index >= 15 is 0 Å². The average molecular weight is 402 g/mol. The summed E-state index contributed by atoms with van der Waals surface area (Å²) < 4.78 is 20.5. The highest BCUT2D eigenvalue weighted by Gasteiger charge is 2.17. The molecular formula is C23H19FN4O2. The summed E-state index contributed by atoms with van der Waals surface area (Å²) in [5.41, 5.74) is 3.34. The van der Waals surface area contributed by atoms with Gasteiger partial charge in [-0.15, -0.1) is 0 Å². The summed E-state index contributed by atoms with van der Waals surface area (Å²) in [4.78, 5) is 16.9. The number of nitrogens with zero attached hydrogens (tertiary/aromatic N) is 3. The van der Waals surface area contributed by atoms with Gasteiger partial charge in [0, 0.05) is 43.0 Å². The number of pyridine rings is 1. The van der Waals surface area contributed by atoms with Gasteiger partial charge in [-0.25, -0.2) is 4.39 Å². The van der Waals surface area contributed by atoms with Gasteiger partial charge in [0.05, 0.1) is 5.56 Å². The lowest BCUT2D eigenvalue weighted by Gasteiger charge is -2.09. The summed E-state index contributed by atoms with van der Waals surface area (Å²) in [6, 6.07) is 16.9. The van der Waals surface area contributed by atoms with E-state index in [9.17, 15) is 9.18 Å². The molecule has 0 spiro atoms. The van der Waals surface area contributed by atoms with Gasteiger partial charge in [0.25, 0.3) is 5.91 Å². The number of carbonyl (C=O) groups is 1. The molecule has 0 saturated carbocycles. The number of hydrogen-bond donors (Lipinski definition) is 1. The zero-order valence-electron chi connectivity index (χ0n) is 16.2. The van der Waals surface area contributed by atoms with Crippen molar-refractivity contribution in [3.8, 4) is 17.0 Å². The quantitative estimate of drug-likeness (QED) is 0.517. The standard InChI is InChI=1S/C23H19FN4O2/c1-28-14-21(22(27-28)17-8-10-25-11-9-17)23(29)26-19-6-2-4-16(12-19)15-30-20-7-3-5-18(24)13-20/h2-14H,15H2,1H3,(H,26,29). The number of aromatic nitrogens is 3. The van der Waals surface area contributed by atoms with Crippen LogP contribution in [0, 0.1) is 5.82 Å². The fourth-order valence-electron chi connectivity index (χ4n) is 3.04. The molecule has 4 rings (SSSR count). The van der Waals surface area contributed by atoms with E-state index in [1.807, 2.05) is 30.3 Å². The number of nitrogens with one attached hydrogen (secondary N) is 1. The Labute approximate surface area is 173 Å². The van der Waals surface area contributed by atoms with Crippen molar-refractivity contribution in [3.05, 3.63) is 96.2 Å². The van der Waals surface area contributed by atoms with E-state index in [0.29, 0.717) is 22.7 Å². The van der Waals surface area contributed by atoms with Gasteiger partial charge in [0.2, 0.25) is 0 Å². The third-order valence-corrected chi connectivity index (χ3v) is 4.41. The lowest BCUT2D eigenvalue weighted by atomic mass is 10.1. The fourth-order valence-corrected chi connectivity index (χ4v) is 3.04. The molecule has 1 amide bonds. The zero-order chi connectivity index (χ0) is 20.9. The Morgan fingerprint density at radius 1 is 1.10 bits per heavy atom. The van der Waals surface area contributed by atoms with E-state index in [0.717, 1.165) is 11.1 Å². The maximum atomic E-state index is 13.3. The van der Waals surface area contributed by atoms with Gasteiger partial charge in [0.15, 0.2) is 0 Å². The van der Waals surface area contributed by atoms with Crippen LogP contribution in [0.3, 0.4) is 0 Å². The van der Waals surface area contributed by atoms with Crippen molar-refractivity contribution in [2.75, 3.05) is 5.32 Å². The second-order valence-corrected chi connectivity index (χ2v) is 6.70. The number of anilines is 1. The molecule has 0 fully saturated rings. The maximum Gasteiger partial charge on any atom is 0.259 e. The summed E-state index contributed by atoms with van der Waals surface area (Å²) in [6.45, 7) is 0.252. The minimum atomic E-state index is -0.352. The molecule has 0 radical (unpaired) electrons. The number of carbonyl (C=O) groups excluding carboxylic acids is 1. The van der Waals surface area contributed by atoms with E-state index in [2.05, 4.69) is 15.4 Å². The molecule has 0 unspecified atom stereocenters. The molecule has 2 aromatic carbocycles. The molecule has 7 heteroatoms. The number of rotatable bonds is 6. The van der Waals surface area contributed by atoms with Crippen LogP contribution in [-0.2, 0) is 13.7 Å². The summed E-state index contributed by atoms with van der Waals surface area (Å²) >= 11 is 0. The Bertz CT molecular complexity index is 1170. The van der Waals surface area contributed by atoms with Crippen LogP contribution in [0.2, 0.25) is 0 Å². The van der Waals surface area contributed by atoms with Crippen LogP contribution in [0.5, 0.6) is 5.75 Å². The van der Waals surface area contributed by atoms with Gasteiger partial charge >= 0.3 is 0 Å². The minimum Gasteiger partial charge on any atom is -0.489 e. The first kappa shape index (κ1) is 19.3. The molecule has 0 atom stereocenters. The third-order valence-electron chi connectivity index (χ3n) is 4.41. The van der Waals surface area contributed by atoms with Crippen LogP contribution >= 0.6 is 0 Å². The molecule has 0 aliphatic rings. The SMILES string of the molecule is Cn1cc(C(=O)Nc2cccc(COc3cccc(F)c3)c2)c(-c2ccncc2)n1. The van der Waals surface area contributed by atoms with Crippen molar-refractivity contribution < 1.29 is 13.9 Å². The molecule has 2 aromatic heterocycles. The average Bonchev–Trinajstić information content (AvgIpc) is 3.15. The monoisotopic (exact) mass is 402 g/mol. The minimum absolute atomic E-state index is 0.252. The van der Waals surface area contributed by atoms with Gasteiger partial charge < -0.3 is 10.1 Å². The van der Waals surface area contributed by atoms with Crippen molar-refractivity contribution in [1.29, 1.82) is 0 Å². The normalized spacial score (nSPS) is 10.6. The lowest BCUT2D eigenvalue weighted by molar-refractivity contribution is 0.102. The van der Waals surface area contributed by atoms with E-state index in [4.69, 9.17) is 4.74 Å². The zero-order valence-corrected chi connectivity index (χ0v) is 16.2. The van der Waals surface area contributed by atoms with Crippen molar-refractivity contribution in [2.24, 2.45) is 7.05 Å². The van der Waals surface area contributed by atoms with Crippen molar-refractivity contribution in [3.63, 3.8) is 0 Å². The Hall–Kier alpha value is -4.00. The number of benzene rings is 2. The number of halogens is 1. The molecule has 0 bridgehead atoms. The summed E-state index contributed by atoms with van der Waals surface area (Å²) in [5.74, 6) is -0.171. The van der Waals surface area contributed by atoms with Gasteiger partial charge in [0.1, 0.15) is 23.9 Å². The molecular weight excluding hydrogens is 383 g/mol. The van der Waals surface area contributed by atoms with Gasteiger partial charge in [-0.3, -0.25) is 14.5 Å². The molecule has 0 saturated heterocycles. The smallest absolute Gasteiger partial charge is 0.259 e. The number of amides is 1. The van der Waals surface area contributed by atoms with E-state index in [1.54, 1.807) is 48.5 Å². The van der Waals surface area contributed by atoms with E-state index < -0.39 is 0 Å². The Kier molecular flexibility index (Phi) is 5.52. The number of hydrogen-bond acceptors (Lipinski definition) is 4. The highest BCUT2D eigenvalue weighted by Crippen LogP contribution is 2.23. The van der Waals surface area contributed by atoms with Crippen LogP contribution in [0.1, 0.15) is 15.9 Å². The molecule has 6 nitrogen and oxygen atoms in total. The predicted molar refractivity (Wildman–Crippen MR) is 112 cm³/mol. The second-order valence-electron chi connectivity index (χ2n) is 6.70. The molecule has 1 N–H and O–H groups in total. The fraction of sp³-hybridized carbons (Fsp3) is 0.0870. The molecule has 0 aliphatic carbocycles. The molecule has 30 heavy (non-hydrogen) atoms. The Balaban J connectivity index is 1.49. The highest BCUT2D eigenvalue weighted by atomic mass is 19.1. The van der Waals surface area contributed by atoms with Crippen molar-refractivity contribution in [1.82, 2.24) is 14.8 Å². The Morgan fingerprint density at radius 2 is 1.90 bits per heavy atom. The topological polar surface area (TPSA) is 69.0 Å². The third kappa shape index (κ3) is 4.52.